The molecule has 0 aromatic heterocycles. The monoisotopic (exact) mass is 742 g/mol. The molecule has 0 nitrogen and oxygen atoms in total. The van der Waals surface area contributed by atoms with E-state index in [1.807, 2.05) is 0 Å². The van der Waals surface area contributed by atoms with Gasteiger partial charge in [0.25, 0.3) is 0 Å². The van der Waals surface area contributed by atoms with Crippen molar-refractivity contribution in [3.05, 3.63) is 121 Å². The van der Waals surface area contributed by atoms with Gasteiger partial charge in [0.1, 0.15) is 0 Å². The van der Waals surface area contributed by atoms with Crippen LogP contribution in [-0.4, -0.2) is 11.3 Å². The fourth-order valence-corrected chi connectivity index (χ4v) is 12.9. The van der Waals surface area contributed by atoms with E-state index >= 15 is 0 Å². The number of hydrogen-bond acceptors (Lipinski definition) is 0. The van der Waals surface area contributed by atoms with Gasteiger partial charge in [-0.2, -0.15) is 0 Å². The van der Waals surface area contributed by atoms with Gasteiger partial charge in [0.2, 0.25) is 0 Å². The summed E-state index contributed by atoms with van der Waals surface area (Å²) in [5.74, 6) is 0. The fraction of sp³-hybridized carbons (Fsp3) is 0.294. The Bertz CT molecular complexity index is 1000. The van der Waals surface area contributed by atoms with E-state index in [0.717, 1.165) is 11.3 Å². The van der Waals surface area contributed by atoms with Crippen LogP contribution in [0.15, 0.2) is 121 Å². The second kappa shape index (κ2) is 19.6. The molecular formula is C34H40Cl2FeP2Pd+2. The van der Waals surface area contributed by atoms with Crippen molar-refractivity contribution in [3.8, 4) is 0 Å². The summed E-state index contributed by atoms with van der Waals surface area (Å²) in [4.78, 5) is 0. The molecule has 0 bridgehead atoms. The average molecular weight is 744 g/mol. The van der Waals surface area contributed by atoms with Crippen LogP contribution in [-0.2, 0) is 33.0 Å². The Kier molecular flexibility index (Phi) is 16.7. The molecule has 2 aliphatic rings. The van der Waals surface area contributed by atoms with Gasteiger partial charge in [-0.25, -0.2) is 0 Å². The summed E-state index contributed by atoms with van der Waals surface area (Å²) < 4.78 is 0. The van der Waals surface area contributed by atoms with Crippen LogP contribution in [0.5, 0.6) is 0 Å². The van der Waals surface area contributed by atoms with Crippen LogP contribution in [0, 0.1) is 0 Å². The van der Waals surface area contributed by atoms with Crippen LogP contribution >= 0.6 is 34.9 Å². The third kappa shape index (κ3) is 10.3. The van der Waals surface area contributed by atoms with Gasteiger partial charge in [-0.05, 0) is 99.9 Å². The largest absolute Gasteiger partial charge is 0.0969 e. The summed E-state index contributed by atoms with van der Waals surface area (Å²) in [6, 6.07) is 44.7. The summed E-state index contributed by atoms with van der Waals surface area (Å²) in [6.45, 7) is 0. The molecule has 0 heterocycles. The minimum Gasteiger partial charge on any atom is -0.0620 e. The first-order chi connectivity index (χ1) is 19.3. The van der Waals surface area contributed by atoms with Crippen LogP contribution in [0.25, 0.3) is 0 Å². The number of halogens is 2. The predicted molar refractivity (Wildman–Crippen MR) is 177 cm³/mol. The van der Waals surface area contributed by atoms with Gasteiger partial charge in [-0.1, -0.05) is 72.8 Å². The molecule has 0 atom stereocenters. The molecule has 0 saturated heterocycles. The first-order valence-electron chi connectivity index (χ1n) is 14.1. The van der Waals surface area contributed by atoms with Crippen molar-refractivity contribution < 1.29 is 33.0 Å². The van der Waals surface area contributed by atoms with E-state index in [1.165, 1.54) is 51.4 Å². The Morgan fingerprint density at radius 3 is 0.825 bits per heavy atom. The zero-order valence-electron chi connectivity index (χ0n) is 22.8. The second-order valence-electron chi connectivity index (χ2n) is 10.3. The standard InChI is InChI=1S/2C17H19P.2ClH.Fe.Pd/c2*1-3-9-15(10-4-1)18(17-13-7-8-14-17)16-11-5-2-6-12-16;;;;/h2*1-6,9-12,17H,7-8,13-14H2;2*1H;;/q;;;;;+2. The van der Waals surface area contributed by atoms with Crippen molar-refractivity contribution in [2.45, 2.75) is 62.7 Å². The van der Waals surface area contributed by atoms with Gasteiger partial charge in [-0.3, -0.25) is 0 Å². The van der Waals surface area contributed by atoms with E-state index in [0.29, 0.717) is 0 Å². The number of hydrogen-bond donors (Lipinski definition) is 0. The molecule has 4 aromatic carbocycles. The Morgan fingerprint density at radius 2 is 0.625 bits per heavy atom. The SMILES string of the molecule is [Cl][Pd][Cl].[Fe].c1ccc([PH+](c2ccccc2)C2CCCC2)cc1.c1ccc([PH+](c2ccccc2)C2CCCC2)cc1. The maximum Gasteiger partial charge on any atom is 0.0969 e. The molecule has 2 saturated carbocycles. The number of rotatable bonds is 6. The molecule has 216 valence electrons. The van der Waals surface area contributed by atoms with Crippen molar-refractivity contribution in [2.24, 2.45) is 0 Å². The second-order valence-corrected chi connectivity index (χ2v) is 18.3. The molecule has 40 heavy (non-hydrogen) atoms. The average Bonchev–Trinajstić information content (AvgIpc) is 3.72. The van der Waals surface area contributed by atoms with Crippen LogP contribution in [0.2, 0.25) is 0 Å². The summed E-state index contributed by atoms with van der Waals surface area (Å²) in [6.07, 6.45) is 11.4. The maximum atomic E-state index is 4.81. The maximum absolute atomic E-state index is 4.81. The smallest absolute Gasteiger partial charge is 0.0620 e. The third-order valence-corrected chi connectivity index (χ3v) is 14.5. The third-order valence-electron chi connectivity index (χ3n) is 7.87. The Hall–Kier alpha value is -0.498. The summed E-state index contributed by atoms with van der Waals surface area (Å²) >= 11 is -0.106. The molecule has 0 aliphatic heterocycles. The molecule has 6 rings (SSSR count). The van der Waals surface area contributed by atoms with Crippen molar-refractivity contribution in [3.63, 3.8) is 0 Å². The quantitative estimate of drug-likeness (QED) is 0.137. The molecule has 6 heteroatoms. The molecular weight excluding hydrogens is 703 g/mol. The van der Waals surface area contributed by atoms with Crippen molar-refractivity contribution in [1.82, 2.24) is 0 Å². The predicted octanol–water partition coefficient (Wildman–Crippen LogP) is 8.96. The van der Waals surface area contributed by atoms with Gasteiger partial charge < -0.3 is 0 Å². The molecule has 2 fully saturated rings. The first kappa shape index (κ1) is 34.0. The van der Waals surface area contributed by atoms with E-state index < -0.39 is 15.8 Å². The van der Waals surface area contributed by atoms with Gasteiger partial charge >= 0.3 is 35.0 Å². The molecule has 0 unspecified atom stereocenters. The molecule has 0 radical (unpaired) electrons. The summed E-state index contributed by atoms with van der Waals surface area (Å²) in [7, 11) is 8.47. The van der Waals surface area contributed by atoms with Crippen LogP contribution in [0.4, 0.5) is 0 Å². The van der Waals surface area contributed by atoms with Crippen LogP contribution in [0.1, 0.15) is 51.4 Å². The van der Waals surface area contributed by atoms with Gasteiger partial charge in [0.15, 0.2) is 0 Å². The van der Waals surface area contributed by atoms with Gasteiger partial charge in [0.05, 0.1) is 48.4 Å². The minimum absolute atomic E-state index is 0. The summed E-state index contributed by atoms with van der Waals surface area (Å²) in [5, 5.41) is 6.34. The zero-order valence-corrected chi connectivity index (χ0v) is 29.0. The zero-order chi connectivity index (χ0) is 27.1. The van der Waals surface area contributed by atoms with Gasteiger partial charge in [-0.15, -0.1) is 0 Å². The van der Waals surface area contributed by atoms with Crippen molar-refractivity contribution in [2.75, 3.05) is 0 Å². The van der Waals surface area contributed by atoms with Crippen molar-refractivity contribution >= 4 is 56.1 Å². The van der Waals surface area contributed by atoms with E-state index in [1.54, 1.807) is 21.2 Å². The minimum atomic E-state index is -0.577. The normalized spacial score (nSPS) is 15.2. The topological polar surface area (TPSA) is 0 Å². The molecule has 4 aromatic rings. The van der Waals surface area contributed by atoms with Gasteiger partial charge in [0, 0.05) is 17.1 Å². The molecule has 0 spiro atoms. The molecule has 0 amide bonds. The molecule has 0 N–H and O–H groups in total. The Labute approximate surface area is 271 Å². The Balaban J connectivity index is 0.000000197. The summed E-state index contributed by atoms with van der Waals surface area (Å²) in [5.41, 5.74) is 1.86. The van der Waals surface area contributed by atoms with Crippen LogP contribution in [0.3, 0.4) is 0 Å². The Morgan fingerprint density at radius 1 is 0.425 bits per heavy atom. The van der Waals surface area contributed by atoms with E-state index in [-0.39, 0.29) is 33.0 Å². The van der Waals surface area contributed by atoms with E-state index in [9.17, 15) is 0 Å². The molecule has 2 aliphatic carbocycles. The fourth-order valence-electron chi connectivity index (χ4n) is 6.18. The number of benzene rings is 4. The van der Waals surface area contributed by atoms with Crippen LogP contribution < -0.4 is 21.2 Å². The first-order valence-corrected chi connectivity index (χ1v) is 21.3. The van der Waals surface area contributed by atoms with Crippen molar-refractivity contribution in [1.29, 1.82) is 0 Å². The van der Waals surface area contributed by atoms with E-state index in [4.69, 9.17) is 19.1 Å². The van der Waals surface area contributed by atoms with E-state index in [2.05, 4.69) is 121 Å².